The van der Waals surface area contributed by atoms with Gasteiger partial charge in [0.15, 0.2) is 0 Å². The Morgan fingerprint density at radius 2 is 2.13 bits per heavy atom. The van der Waals surface area contributed by atoms with Crippen LogP contribution in [0.2, 0.25) is 0 Å². The van der Waals surface area contributed by atoms with Gasteiger partial charge in [-0.25, -0.2) is 0 Å². The molecule has 15 heavy (non-hydrogen) atoms. The molecular formula is C13H25NO. The van der Waals surface area contributed by atoms with Crippen LogP contribution in [0.4, 0.5) is 0 Å². The molecule has 0 aliphatic heterocycles. The lowest BCUT2D eigenvalue weighted by atomic mass is 9.94. The molecule has 0 aromatic carbocycles. The summed E-state index contributed by atoms with van der Waals surface area (Å²) in [6, 6.07) is 0. The number of allylic oxidation sites excluding steroid dienone is 1. The van der Waals surface area contributed by atoms with E-state index in [0.717, 1.165) is 45.1 Å². The minimum atomic E-state index is 0.396. The number of rotatable bonds is 10. The molecule has 0 heterocycles. The van der Waals surface area contributed by atoms with E-state index in [-0.39, 0.29) is 0 Å². The summed E-state index contributed by atoms with van der Waals surface area (Å²) < 4.78 is 0. The zero-order valence-electron chi connectivity index (χ0n) is 10.0. The SMILES string of the molecule is C=CCCCC(=O)CCC(CC)CCN. The van der Waals surface area contributed by atoms with Crippen LogP contribution in [0.25, 0.3) is 0 Å². The van der Waals surface area contributed by atoms with Gasteiger partial charge in [-0.15, -0.1) is 6.58 Å². The number of carbonyl (C=O) groups is 1. The number of unbranched alkanes of at least 4 members (excludes halogenated alkanes) is 1. The van der Waals surface area contributed by atoms with Gasteiger partial charge in [0, 0.05) is 12.8 Å². The molecule has 0 aromatic heterocycles. The molecule has 2 nitrogen and oxygen atoms in total. The Morgan fingerprint density at radius 3 is 2.67 bits per heavy atom. The van der Waals surface area contributed by atoms with Crippen molar-refractivity contribution in [1.82, 2.24) is 0 Å². The van der Waals surface area contributed by atoms with E-state index < -0.39 is 0 Å². The van der Waals surface area contributed by atoms with Crippen molar-refractivity contribution in [3.63, 3.8) is 0 Å². The summed E-state index contributed by atoms with van der Waals surface area (Å²) in [6.45, 7) is 6.55. The molecule has 0 rings (SSSR count). The molecule has 0 aliphatic rings. The van der Waals surface area contributed by atoms with Gasteiger partial charge in [-0.3, -0.25) is 4.79 Å². The highest BCUT2D eigenvalue weighted by atomic mass is 16.1. The number of hydrogen-bond acceptors (Lipinski definition) is 2. The quantitative estimate of drug-likeness (QED) is 0.446. The van der Waals surface area contributed by atoms with E-state index in [2.05, 4.69) is 13.5 Å². The maximum atomic E-state index is 11.5. The molecule has 88 valence electrons. The molecule has 2 N–H and O–H groups in total. The van der Waals surface area contributed by atoms with Crippen molar-refractivity contribution in [3.05, 3.63) is 12.7 Å². The van der Waals surface area contributed by atoms with E-state index in [1.54, 1.807) is 0 Å². The lowest BCUT2D eigenvalue weighted by Crippen LogP contribution is -2.10. The summed E-state index contributed by atoms with van der Waals surface area (Å²) in [5.74, 6) is 1.03. The highest BCUT2D eigenvalue weighted by Gasteiger charge is 2.08. The third-order valence-corrected chi connectivity index (χ3v) is 2.85. The van der Waals surface area contributed by atoms with Crippen molar-refractivity contribution in [1.29, 1.82) is 0 Å². The predicted molar refractivity (Wildman–Crippen MR) is 65.7 cm³/mol. The number of ketones is 1. The third-order valence-electron chi connectivity index (χ3n) is 2.85. The molecule has 0 amide bonds. The summed E-state index contributed by atoms with van der Waals surface area (Å²) in [5.41, 5.74) is 5.51. The molecule has 0 radical (unpaired) electrons. The second-order valence-corrected chi connectivity index (χ2v) is 4.11. The van der Waals surface area contributed by atoms with Crippen LogP contribution < -0.4 is 5.73 Å². The number of carbonyl (C=O) groups excluding carboxylic acids is 1. The van der Waals surface area contributed by atoms with Gasteiger partial charge in [0.2, 0.25) is 0 Å². The standard InChI is InChI=1S/C13H25NO/c1-3-5-6-7-13(15)9-8-12(4-2)10-11-14/h3,12H,1,4-11,14H2,2H3. The fraction of sp³-hybridized carbons (Fsp3) is 0.769. The smallest absolute Gasteiger partial charge is 0.132 e. The van der Waals surface area contributed by atoms with E-state index >= 15 is 0 Å². The van der Waals surface area contributed by atoms with E-state index in [0.29, 0.717) is 18.1 Å². The molecule has 0 fully saturated rings. The fourth-order valence-corrected chi connectivity index (χ4v) is 1.72. The van der Waals surface area contributed by atoms with Gasteiger partial charge >= 0.3 is 0 Å². The first-order valence-electron chi connectivity index (χ1n) is 6.07. The molecule has 0 saturated heterocycles. The second kappa shape index (κ2) is 9.91. The van der Waals surface area contributed by atoms with E-state index in [9.17, 15) is 4.79 Å². The number of hydrogen-bond donors (Lipinski definition) is 1. The zero-order valence-corrected chi connectivity index (χ0v) is 10.0. The molecule has 1 atom stereocenters. The molecule has 0 bridgehead atoms. The largest absolute Gasteiger partial charge is 0.330 e. The molecule has 0 aliphatic carbocycles. The summed E-state index contributed by atoms with van der Waals surface area (Å²) in [4.78, 5) is 11.5. The van der Waals surface area contributed by atoms with Gasteiger partial charge < -0.3 is 5.73 Å². The van der Waals surface area contributed by atoms with Crippen LogP contribution in [0.5, 0.6) is 0 Å². The van der Waals surface area contributed by atoms with Crippen LogP contribution in [0.15, 0.2) is 12.7 Å². The van der Waals surface area contributed by atoms with Gasteiger partial charge in [-0.1, -0.05) is 19.4 Å². The number of nitrogens with two attached hydrogens (primary N) is 1. The van der Waals surface area contributed by atoms with Crippen molar-refractivity contribution in [3.8, 4) is 0 Å². The normalized spacial score (nSPS) is 12.4. The van der Waals surface area contributed by atoms with Crippen LogP contribution >= 0.6 is 0 Å². The minimum Gasteiger partial charge on any atom is -0.330 e. The maximum Gasteiger partial charge on any atom is 0.132 e. The first-order valence-corrected chi connectivity index (χ1v) is 6.07. The third kappa shape index (κ3) is 8.37. The number of Topliss-reactive ketones (excluding diaryl/α,β-unsaturated/α-hetero) is 1. The summed E-state index contributed by atoms with van der Waals surface area (Å²) in [6.07, 6.45) is 8.42. The summed E-state index contributed by atoms with van der Waals surface area (Å²) in [5, 5.41) is 0. The molecule has 0 spiro atoms. The topological polar surface area (TPSA) is 43.1 Å². The van der Waals surface area contributed by atoms with Gasteiger partial charge in [-0.2, -0.15) is 0 Å². The van der Waals surface area contributed by atoms with E-state index in [1.807, 2.05) is 6.08 Å². The molecule has 0 saturated carbocycles. The maximum absolute atomic E-state index is 11.5. The zero-order chi connectivity index (χ0) is 11.5. The van der Waals surface area contributed by atoms with Crippen molar-refractivity contribution in [2.45, 2.75) is 51.9 Å². The van der Waals surface area contributed by atoms with E-state index in [1.165, 1.54) is 0 Å². The summed E-state index contributed by atoms with van der Waals surface area (Å²) in [7, 11) is 0. The second-order valence-electron chi connectivity index (χ2n) is 4.11. The van der Waals surface area contributed by atoms with E-state index in [4.69, 9.17) is 5.73 Å². The van der Waals surface area contributed by atoms with Crippen molar-refractivity contribution >= 4 is 5.78 Å². The predicted octanol–water partition coefficient (Wildman–Crippen LogP) is 3.07. The fourth-order valence-electron chi connectivity index (χ4n) is 1.72. The average Bonchev–Trinajstić information content (AvgIpc) is 2.24. The Hall–Kier alpha value is -0.630. The molecule has 2 heteroatoms. The molecular weight excluding hydrogens is 186 g/mol. The van der Waals surface area contributed by atoms with Crippen LogP contribution in [0.1, 0.15) is 51.9 Å². The first kappa shape index (κ1) is 14.4. The van der Waals surface area contributed by atoms with Gasteiger partial charge in [0.1, 0.15) is 5.78 Å². The minimum absolute atomic E-state index is 0.396. The lowest BCUT2D eigenvalue weighted by Gasteiger charge is -2.12. The van der Waals surface area contributed by atoms with Gasteiger partial charge in [0.05, 0.1) is 0 Å². The molecule has 0 aromatic rings. The Bertz CT molecular complexity index is 177. The summed E-state index contributed by atoms with van der Waals surface area (Å²) >= 11 is 0. The Morgan fingerprint density at radius 1 is 1.40 bits per heavy atom. The van der Waals surface area contributed by atoms with Crippen molar-refractivity contribution in [2.24, 2.45) is 11.7 Å². The van der Waals surface area contributed by atoms with Gasteiger partial charge in [-0.05, 0) is 38.1 Å². The van der Waals surface area contributed by atoms with Crippen LogP contribution in [0.3, 0.4) is 0 Å². The molecule has 1 unspecified atom stereocenters. The Kier molecular flexibility index (Phi) is 9.49. The van der Waals surface area contributed by atoms with Gasteiger partial charge in [0.25, 0.3) is 0 Å². The monoisotopic (exact) mass is 211 g/mol. The lowest BCUT2D eigenvalue weighted by molar-refractivity contribution is -0.119. The van der Waals surface area contributed by atoms with Crippen molar-refractivity contribution in [2.75, 3.05) is 6.54 Å². The highest BCUT2D eigenvalue weighted by molar-refractivity contribution is 5.78. The Labute approximate surface area is 93.9 Å². The first-order chi connectivity index (χ1) is 7.24. The highest BCUT2D eigenvalue weighted by Crippen LogP contribution is 2.15. The van der Waals surface area contributed by atoms with Crippen molar-refractivity contribution < 1.29 is 4.79 Å². The Balaban J connectivity index is 3.54. The van der Waals surface area contributed by atoms with Crippen LogP contribution in [-0.4, -0.2) is 12.3 Å². The average molecular weight is 211 g/mol. The van der Waals surface area contributed by atoms with Crippen LogP contribution in [-0.2, 0) is 4.79 Å². The van der Waals surface area contributed by atoms with Crippen LogP contribution in [0, 0.1) is 5.92 Å².